The first-order valence-corrected chi connectivity index (χ1v) is 10.3. The summed E-state index contributed by atoms with van der Waals surface area (Å²) in [6, 6.07) is 7.87. The summed E-state index contributed by atoms with van der Waals surface area (Å²) in [5.41, 5.74) is -0.371. The Morgan fingerprint density at radius 3 is 2.66 bits per heavy atom. The van der Waals surface area contributed by atoms with Crippen LogP contribution in [0, 0.1) is 11.7 Å². The van der Waals surface area contributed by atoms with Crippen LogP contribution < -0.4 is 16.6 Å². The Kier molecular flexibility index (Phi) is 6.11. The van der Waals surface area contributed by atoms with E-state index in [0.29, 0.717) is 44.5 Å². The number of carbonyl (C=O) groups is 2. The van der Waals surface area contributed by atoms with Crippen LogP contribution in [-0.2, 0) is 11.2 Å². The predicted octanol–water partition coefficient (Wildman–Crippen LogP) is 0.962. The molecule has 1 aliphatic heterocycles. The van der Waals surface area contributed by atoms with Gasteiger partial charge < -0.3 is 10.2 Å². The predicted molar refractivity (Wildman–Crippen MR) is 115 cm³/mol. The van der Waals surface area contributed by atoms with Gasteiger partial charge in [0.2, 0.25) is 5.91 Å². The molecule has 1 fully saturated rings. The highest BCUT2D eigenvalue weighted by molar-refractivity contribution is 5.96. The normalized spacial score (nSPS) is 14.5. The lowest BCUT2D eigenvalue weighted by atomic mass is 9.95. The van der Waals surface area contributed by atoms with Crippen LogP contribution >= 0.6 is 0 Å². The quantitative estimate of drug-likeness (QED) is 0.546. The second-order valence-electron chi connectivity index (χ2n) is 7.73. The molecule has 0 atom stereocenters. The third-order valence-electron chi connectivity index (χ3n) is 5.64. The standard InChI is InChI=1S/C22H22FN5O4/c23-17-4-2-1-3-13(17)5-8-24-19(29)14-6-9-28(10-7-14)21(31)15-11-16-18(25-12-15)26-22(32)27-20(16)30/h1-4,11-12,14H,5-10H2,(H,24,29)(H2,25,26,27,30,32). The molecule has 1 aromatic carbocycles. The molecule has 10 heteroatoms. The highest BCUT2D eigenvalue weighted by Gasteiger charge is 2.28. The summed E-state index contributed by atoms with van der Waals surface area (Å²) in [5.74, 6) is -0.896. The van der Waals surface area contributed by atoms with E-state index in [4.69, 9.17) is 0 Å². The number of nitrogens with zero attached hydrogens (tertiary/aromatic N) is 2. The Labute approximate surface area is 181 Å². The second kappa shape index (κ2) is 9.13. The summed E-state index contributed by atoms with van der Waals surface area (Å²) in [5, 5.41) is 2.97. The van der Waals surface area contributed by atoms with E-state index in [1.807, 2.05) is 0 Å². The van der Waals surface area contributed by atoms with Crippen LogP contribution in [0.25, 0.3) is 11.0 Å². The van der Waals surface area contributed by atoms with Crippen LogP contribution in [0.5, 0.6) is 0 Å². The van der Waals surface area contributed by atoms with Crippen molar-refractivity contribution in [2.75, 3.05) is 19.6 Å². The van der Waals surface area contributed by atoms with Crippen LogP contribution in [0.2, 0.25) is 0 Å². The summed E-state index contributed by atoms with van der Waals surface area (Å²) in [6.45, 7) is 1.13. The number of hydrogen-bond donors (Lipinski definition) is 3. The van der Waals surface area contributed by atoms with Gasteiger partial charge in [0.1, 0.15) is 11.5 Å². The summed E-state index contributed by atoms with van der Waals surface area (Å²) in [7, 11) is 0. The fraction of sp³-hybridized carbons (Fsp3) is 0.318. The number of aromatic amines is 2. The SMILES string of the molecule is O=C(NCCc1ccccc1F)C1CCN(C(=O)c2cnc3[nH]c(=O)[nH]c(=O)c3c2)CC1. The Morgan fingerprint density at radius 2 is 1.91 bits per heavy atom. The number of fused-ring (bicyclic) bond motifs is 1. The number of H-pyrrole nitrogens is 2. The number of aromatic nitrogens is 3. The van der Waals surface area contributed by atoms with E-state index in [1.54, 1.807) is 23.1 Å². The molecule has 1 aliphatic rings. The average Bonchev–Trinajstić information content (AvgIpc) is 2.79. The van der Waals surface area contributed by atoms with E-state index >= 15 is 0 Å². The molecule has 9 nitrogen and oxygen atoms in total. The number of likely N-dealkylation sites (tertiary alicyclic amines) is 1. The zero-order valence-corrected chi connectivity index (χ0v) is 17.2. The Bertz CT molecular complexity index is 1280. The minimum absolute atomic E-state index is 0.101. The molecule has 0 bridgehead atoms. The molecule has 2 aromatic heterocycles. The van der Waals surface area contributed by atoms with Crippen molar-refractivity contribution in [1.29, 1.82) is 0 Å². The number of amides is 2. The average molecular weight is 439 g/mol. The number of carbonyl (C=O) groups excluding carboxylic acids is 2. The molecule has 0 unspecified atom stereocenters. The van der Waals surface area contributed by atoms with E-state index in [9.17, 15) is 23.6 Å². The van der Waals surface area contributed by atoms with Crippen molar-refractivity contribution in [3.05, 3.63) is 74.3 Å². The highest BCUT2D eigenvalue weighted by atomic mass is 19.1. The summed E-state index contributed by atoms with van der Waals surface area (Å²) in [4.78, 5) is 58.7. The van der Waals surface area contributed by atoms with Crippen molar-refractivity contribution in [3.8, 4) is 0 Å². The van der Waals surface area contributed by atoms with Crippen LogP contribution in [0.1, 0.15) is 28.8 Å². The third kappa shape index (κ3) is 4.58. The second-order valence-corrected chi connectivity index (χ2v) is 7.73. The van der Waals surface area contributed by atoms with Crippen LogP contribution in [0.15, 0.2) is 46.1 Å². The molecule has 2 amide bonds. The van der Waals surface area contributed by atoms with Gasteiger partial charge in [-0.25, -0.2) is 14.2 Å². The van der Waals surface area contributed by atoms with E-state index in [0.717, 1.165) is 0 Å². The molecule has 4 rings (SSSR count). The molecule has 3 N–H and O–H groups in total. The number of pyridine rings is 1. The lowest BCUT2D eigenvalue weighted by Gasteiger charge is -2.31. The van der Waals surface area contributed by atoms with Gasteiger partial charge in [-0.3, -0.25) is 24.4 Å². The molecule has 0 saturated carbocycles. The topological polar surface area (TPSA) is 128 Å². The van der Waals surface area contributed by atoms with Gasteiger partial charge in [0.25, 0.3) is 11.5 Å². The van der Waals surface area contributed by atoms with Crippen molar-refractivity contribution >= 4 is 22.8 Å². The van der Waals surface area contributed by atoms with Gasteiger partial charge in [0.15, 0.2) is 0 Å². The summed E-state index contributed by atoms with van der Waals surface area (Å²) in [6.07, 6.45) is 2.75. The number of rotatable bonds is 5. The van der Waals surface area contributed by atoms with Gasteiger partial charge in [0.05, 0.1) is 10.9 Å². The Morgan fingerprint density at radius 1 is 1.16 bits per heavy atom. The lowest BCUT2D eigenvalue weighted by Crippen LogP contribution is -2.43. The van der Waals surface area contributed by atoms with Crippen molar-refractivity contribution < 1.29 is 14.0 Å². The zero-order chi connectivity index (χ0) is 22.7. The van der Waals surface area contributed by atoms with Crippen molar-refractivity contribution in [2.45, 2.75) is 19.3 Å². The van der Waals surface area contributed by atoms with Crippen LogP contribution in [0.3, 0.4) is 0 Å². The van der Waals surface area contributed by atoms with Crippen molar-refractivity contribution in [3.63, 3.8) is 0 Å². The maximum atomic E-state index is 13.7. The van der Waals surface area contributed by atoms with Crippen molar-refractivity contribution in [2.24, 2.45) is 5.92 Å². The minimum Gasteiger partial charge on any atom is -0.356 e. The maximum Gasteiger partial charge on any atom is 0.327 e. The smallest absolute Gasteiger partial charge is 0.327 e. The number of benzene rings is 1. The molecular formula is C22H22FN5O4. The fourth-order valence-electron chi connectivity index (χ4n) is 3.86. The highest BCUT2D eigenvalue weighted by Crippen LogP contribution is 2.20. The molecular weight excluding hydrogens is 417 g/mol. The summed E-state index contributed by atoms with van der Waals surface area (Å²) >= 11 is 0. The molecule has 0 aliphatic carbocycles. The van der Waals surface area contributed by atoms with Gasteiger partial charge >= 0.3 is 5.69 Å². The number of piperidine rings is 1. The molecule has 32 heavy (non-hydrogen) atoms. The minimum atomic E-state index is -0.664. The van der Waals surface area contributed by atoms with Crippen LogP contribution in [0.4, 0.5) is 4.39 Å². The number of hydrogen-bond acceptors (Lipinski definition) is 5. The lowest BCUT2D eigenvalue weighted by molar-refractivity contribution is -0.126. The molecule has 3 heterocycles. The largest absolute Gasteiger partial charge is 0.356 e. The van der Waals surface area contributed by atoms with Gasteiger partial charge in [-0.2, -0.15) is 0 Å². The van der Waals surface area contributed by atoms with E-state index < -0.39 is 11.2 Å². The zero-order valence-electron chi connectivity index (χ0n) is 17.2. The van der Waals surface area contributed by atoms with Gasteiger partial charge in [0, 0.05) is 31.7 Å². The molecule has 166 valence electrons. The van der Waals surface area contributed by atoms with Crippen LogP contribution in [-0.4, -0.2) is 51.3 Å². The molecule has 0 spiro atoms. The Hall–Kier alpha value is -3.82. The summed E-state index contributed by atoms with van der Waals surface area (Å²) < 4.78 is 13.7. The van der Waals surface area contributed by atoms with Gasteiger partial charge in [-0.1, -0.05) is 18.2 Å². The fourth-order valence-corrected chi connectivity index (χ4v) is 3.86. The first kappa shape index (κ1) is 21.4. The van der Waals surface area contributed by atoms with Gasteiger partial charge in [-0.15, -0.1) is 0 Å². The first-order valence-electron chi connectivity index (χ1n) is 10.3. The monoisotopic (exact) mass is 439 g/mol. The molecule has 0 radical (unpaired) electrons. The third-order valence-corrected chi connectivity index (χ3v) is 5.64. The van der Waals surface area contributed by atoms with Gasteiger partial charge in [-0.05, 0) is 37.0 Å². The van der Waals surface area contributed by atoms with E-state index in [-0.39, 0.29) is 40.1 Å². The Balaban J connectivity index is 1.32. The van der Waals surface area contributed by atoms with E-state index in [2.05, 4.69) is 20.3 Å². The molecule has 1 saturated heterocycles. The maximum absolute atomic E-state index is 13.7. The molecule has 3 aromatic rings. The number of halogens is 1. The first-order chi connectivity index (χ1) is 15.4. The number of nitrogens with one attached hydrogen (secondary N) is 3. The van der Waals surface area contributed by atoms with E-state index in [1.165, 1.54) is 18.3 Å². The van der Waals surface area contributed by atoms with Crippen molar-refractivity contribution in [1.82, 2.24) is 25.2 Å².